The second kappa shape index (κ2) is 11.3. The van der Waals surface area contributed by atoms with Gasteiger partial charge in [-0.3, -0.25) is 14.4 Å². The van der Waals surface area contributed by atoms with Crippen molar-refractivity contribution in [2.45, 2.75) is 43.3 Å². The van der Waals surface area contributed by atoms with Crippen LogP contribution in [0.5, 0.6) is 0 Å². The third kappa shape index (κ3) is 6.47. The molecule has 1 fully saturated rings. The lowest BCUT2D eigenvalue weighted by atomic mass is 10.0. The molecule has 3 aromatic carbocycles. The van der Waals surface area contributed by atoms with E-state index in [4.69, 9.17) is 11.6 Å². The topological polar surface area (TPSA) is 81.8 Å². The summed E-state index contributed by atoms with van der Waals surface area (Å²) in [7, 11) is 1.41. The maximum absolute atomic E-state index is 13.6. The van der Waals surface area contributed by atoms with Crippen LogP contribution in [0.4, 0.5) is 37.7 Å². The molecule has 2 aliphatic rings. The van der Waals surface area contributed by atoms with Gasteiger partial charge in [0.1, 0.15) is 11.6 Å². The molecule has 1 aliphatic heterocycles. The van der Waals surface area contributed by atoms with E-state index in [0.717, 1.165) is 0 Å². The summed E-state index contributed by atoms with van der Waals surface area (Å²) >= 11 is 6.16. The Morgan fingerprint density at radius 1 is 0.909 bits per heavy atom. The van der Waals surface area contributed by atoms with Gasteiger partial charge in [0.2, 0.25) is 5.91 Å². The Balaban J connectivity index is 1.46. The third-order valence-corrected chi connectivity index (χ3v) is 7.81. The molecule has 44 heavy (non-hydrogen) atoms. The van der Waals surface area contributed by atoms with Crippen molar-refractivity contribution >= 4 is 40.7 Å². The fourth-order valence-electron chi connectivity index (χ4n) is 5.08. The summed E-state index contributed by atoms with van der Waals surface area (Å²) in [4.78, 5) is 42.4. The van der Waals surface area contributed by atoms with E-state index in [1.54, 1.807) is 30.3 Å². The van der Waals surface area contributed by atoms with E-state index in [2.05, 4.69) is 10.6 Å². The number of halogens is 7. The minimum Gasteiger partial charge on any atom is -0.363 e. The number of benzene rings is 3. The highest BCUT2D eigenvalue weighted by molar-refractivity contribution is 6.31. The zero-order chi connectivity index (χ0) is 32.0. The fourth-order valence-corrected chi connectivity index (χ4v) is 5.25. The highest BCUT2D eigenvalue weighted by Crippen LogP contribution is 2.40. The van der Waals surface area contributed by atoms with Crippen molar-refractivity contribution in [3.05, 3.63) is 94.0 Å². The largest absolute Gasteiger partial charge is 0.416 e. The summed E-state index contributed by atoms with van der Waals surface area (Å²) in [6.07, 6.45) is -9.48. The van der Waals surface area contributed by atoms with Crippen LogP contribution in [-0.2, 0) is 28.5 Å². The lowest BCUT2D eigenvalue weighted by molar-refractivity contribution is -0.143. The van der Waals surface area contributed by atoms with Crippen molar-refractivity contribution in [3.63, 3.8) is 0 Å². The quantitative estimate of drug-likeness (QED) is 0.334. The molecule has 1 atom stereocenters. The number of nitrogens with one attached hydrogen (secondary N) is 2. The van der Waals surface area contributed by atoms with Gasteiger partial charge in [-0.15, -0.1) is 0 Å². The molecule has 5 rings (SSSR count). The first-order valence-electron chi connectivity index (χ1n) is 13.4. The van der Waals surface area contributed by atoms with Crippen LogP contribution in [-0.4, -0.2) is 42.9 Å². The molecule has 0 saturated heterocycles. The number of likely N-dealkylation sites (N-methyl/N-ethyl adjacent to an activating group) is 1. The molecule has 1 aliphatic carbocycles. The summed E-state index contributed by atoms with van der Waals surface area (Å²) in [5, 5.41) is 5.59. The normalized spacial score (nSPS) is 17.9. The van der Waals surface area contributed by atoms with Gasteiger partial charge < -0.3 is 20.4 Å². The van der Waals surface area contributed by atoms with Gasteiger partial charge in [-0.2, -0.15) is 26.3 Å². The predicted molar refractivity (Wildman–Crippen MR) is 150 cm³/mol. The molecule has 14 heteroatoms. The van der Waals surface area contributed by atoms with Crippen LogP contribution in [0.3, 0.4) is 0 Å². The summed E-state index contributed by atoms with van der Waals surface area (Å²) < 4.78 is 81.4. The third-order valence-electron chi connectivity index (χ3n) is 7.57. The molecule has 0 bridgehead atoms. The number of carbonyl (C=O) groups is 3. The number of amides is 3. The Labute approximate surface area is 252 Å². The van der Waals surface area contributed by atoms with E-state index in [0.29, 0.717) is 36.2 Å². The van der Waals surface area contributed by atoms with Crippen molar-refractivity contribution in [2.24, 2.45) is 0 Å². The Hall–Kier alpha value is -4.26. The van der Waals surface area contributed by atoms with Gasteiger partial charge in [0, 0.05) is 30.7 Å². The summed E-state index contributed by atoms with van der Waals surface area (Å²) in [5.74, 6) is -1.73. The number of rotatable bonds is 6. The number of nitrogens with zero attached hydrogens (tertiary/aromatic N) is 2. The number of alkyl halides is 6. The second-order valence-corrected chi connectivity index (χ2v) is 11.2. The molecule has 3 aromatic rings. The van der Waals surface area contributed by atoms with Gasteiger partial charge >= 0.3 is 12.4 Å². The van der Waals surface area contributed by atoms with E-state index < -0.39 is 59.3 Å². The maximum Gasteiger partial charge on any atom is 0.416 e. The van der Waals surface area contributed by atoms with Crippen molar-refractivity contribution in [1.29, 1.82) is 0 Å². The summed E-state index contributed by atoms with van der Waals surface area (Å²) in [6.45, 7) is -0.769. The molecule has 0 unspecified atom stereocenters. The predicted octanol–water partition coefficient (Wildman–Crippen LogP) is 5.81. The first-order valence-corrected chi connectivity index (χ1v) is 13.7. The summed E-state index contributed by atoms with van der Waals surface area (Å²) in [5.41, 5.74) is -3.68. The number of anilines is 2. The van der Waals surface area contributed by atoms with Gasteiger partial charge in [0.25, 0.3) is 11.8 Å². The fraction of sp³-hybridized carbons (Fsp3) is 0.300. The van der Waals surface area contributed by atoms with E-state index in [-0.39, 0.29) is 28.9 Å². The Morgan fingerprint density at radius 2 is 1.52 bits per heavy atom. The maximum atomic E-state index is 13.6. The van der Waals surface area contributed by atoms with Crippen molar-refractivity contribution in [3.8, 4) is 0 Å². The number of hydrogen-bond acceptors (Lipinski definition) is 4. The Kier molecular flexibility index (Phi) is 8.04. The Morgan fingerprint density at radius 3 is 2.09 bits per heavy atom. The number of carbonyl (C=O) groups excluding carboxylic acids is 3. The minimum atomic E-state index is -5.05. The average Bonchev–Trinajstić information content (AvgIpc) is 3.76. The van der Waals surface area contributed by atoms with Crippen molar-refractivity contribution in [2.75, 3.05) is 23.4 Å². The molecular formula is C30H25ClF6N4O3. The molecule has 7 nitrogen and oxygen atoms in total. The van der Waals surface area contributed by atoms with Crippen LogP contribution >= 0.6 is 11.6 Å². The smallest absolute Gasteiger partial charge is 0.363 e. The van der Waals surface area contributed by atoms with Gasteiger partial charge in [0.15, 0.2) is 0 Å². The van der Waals surface area contributed by atoms with E-state index in [1.165, 1.54) is 35.0 Å². The lowest BCUT2D eigenvalue weighted by Gasteiger charge is -2.28. The highest BCUT2D eigenvalue weighted by Gasteiger charge is 2.52. The lowest BCUT2D eigenvalue weighted by Crippen LogP contribution is -2.57. The van der Waals surface area contributed by atoms with Crippen LogP contribution in [0.15, 0.2) is 66.7 Å². The summed E-state index contributed by atoms with van der Waals surface area (Å²) in [6, 6.07) is 12.6. The first-order chi connectivity index (χ1) is 20.6. The highest BCUT2D eigenvalue weighted by atomic mass is 35.5. The second-order valence-electron chi connectivity index (χ2n) is 10.8. The molecule has 2 N–H and O–H groups in total. The van der Waals surface area contributed by atoms with Crippen LogP contribution in [0.25, 0.3) is 0 Å². The molecule has 0 aromatic heterocycles. The molecular weight excluding hydrogens is 614 g/mol. The van der Waals surface area contributed by atoms with Gasteiger partial charge in [-0.05, 0) is 66.9 Å². The van der Waals surface area contributed by atoms with Crippen LogP contribution in [0.2, 0.25) is 5.02 Å². The number of fused-ring (bicyclic) bond motifs is 1. The van der Waals surface area contributed by atoms with E-state index >= 15 is 0 Å². The zero-order valence-corrected chi connectivity index (χ0v) is 23.8. The molecule has 0 radical (unpaired) electrons. The van der Waals surface area contributed by atoms with E-state index in [9.17, 15) is 40.7 Å². The van der Waals surface area contributed by atoms with Crippen LogP contribution in [0.1, 0.15) is 39.9 Å². The molecule has 0 spiro atoms. The molecule has 3 amide bonds. The standard InChI is InChI=1S/C30H25ClF6N4O3/c1-40-24-14-21(31)7-8-23(24)41(15-17-11-19(29(32,33)34)13-20(12-17)30(35,36)37)16-22(26(40)43)38-27(44)28(9-10-28)39-25(42)18-5-3-2-4-6-18/h2-8,11-14,22H,9-10,15-16H2,1H3,(H,38,44)(H,39,42)/t22-/m1/s1. The minimum absolute atomic E-state index is 0.0405. The van der Waals surface area contributed by atoms with Crippen molar-refractivity contribution in [1.82, 2.24) is 10.6 Å². The zero-order valence-electron chi connectivity index (χ0n) is 23.0. The van der Waals surface area contributed by atoms with Gasteiger partial charge in [0.05, 0.1) is 22.5 Å². The number of hydrogen-bond donors (Lipinski definition) is 2. The first kappa shape index (κ1) is 31.2. The average molecular weight is 639 g/mol. The van der Waals surface area contributed by atoms with Crippen LogP contribution < -0.4 is 20.4 Å². The molecule has 232 valence electrons. The van der Waals surface area contributed by atoms with Gasteiger partial charge in [-0.25, -0.2) is 0 Å². The monoisotopic (exact) mass is 638 g/mol. The van der Waals surface area contributed by atoms with Gasteiger partial charge in [-0.1, -0.05) is 29.8 Å². The van der Waals surface area contributed by atoms with Crippen molar-refractivity contribution < 1.29 is 40.7 Å². The van der Waals surface area contributed by atoms with E-state index in [1.807, 2.05) is 0 Å². The Bertz CT molecular complexity index is 1580. The SMILES string of the molecule is CN1C(=O)[C@H](NC(=O)C2(NC(=O)c3ccccc3)CC2)CN(Cc2cc(C(F)(F)F)cc(C(F)(F)F)c2)c2ccc(Cl)cc21. The molecule has 1 saturated carbocycles. The molecule has 1 heterocycles. The van der Waals surface area contributed by atoms with Crippen LogP contribution in [0, 0.1) is 0 Å².